The number of nitrogens with zero attached hydrogens (tertiary/aromatic N) is 5. The van der Waals surface area contributed by atoms with E-state index >= 15 is 0 Å². The third-order valence-corrected chi connectivity index (χ3v) is 6.14. The van der Waals surface area contributed by atoms with Crippen LogP contribution in [0.25, 0.3) is 0 Å². The Bertz CT molecular complexity index is 881. The fourth-order valence-corrected chi connectivity index (χ4v) is 4.25. The molecule has 2 heterocycles. The molecule has 0 spiro atoms. The fourth-order valence-electron chi connectivity index (χ4n) is 3.62. The average Bonchev–Trinajstić information content (AvgIpc) is 3.31. The number of nitrogens with two attached hydrogens (primary N) is 4. The maximum Gasteiger partial charge on any atom is 0.240 e. The first-order valence-corrected chi connectivity index (χ1v) is 11.9. The largest absolute Gasteiger partial charge is 0.370 e. The zero-order valence-electron chi connectivity index (χ0n) is 19.4. The number of piperazine rings is 1. The van der Waals surface area contributed by atoms with Gasteiger partial charge in [0.1, 0.15) is 0 Å². The molecule has 1 aliphatic rings. The normalized spacial score (nSPS) is 17.1. The van der Waals surface area contributed by atoms with Crippen molar-refractivity contribution in [3.8, 4) is 0 Å². The van der Waals surface area contributed by atoms with Gasteiger partial charge >= 0.3 is 0 Å². The molecule has 0 saturated carbocycles. The zero-order chi connectivity index (χ0) is 25.1. The molecule has 0 unspecified atom stereocenters. The monoisotopic (exact) mass is 494 g/mol. The molecule has 1 saturated heterocycles. The molecule has 2 atom stereocenters. The summed E-state index contributed by atoms with van der Waals surface area (Å²) in [5, 5.41) is 4.77. The van der Waals surface area contributed by atoms with Crippen LogP contribution in [0.4, 0.5) is 0 Å². The zero-order valence-corrected chi connectivity index (χ0v) is 20.2. The molecule has 13 nitrogen and oxygen atoms in total. The van der Waals surface area contributed by atoms with Gasteiger partial charge in [0, 0.05) is 37.8 Å². The number of hydrogen-bond acceptors (Lipinski definition) is 8. The Kier molecular flexibility index (Phi) is 10.7. The van der Waals surface area contributed by atoms with Crippen LogP contribution >= 0.6 is 11.3 Å². The molecule has 0 aliphatic carbocycles. The Hall–Kier alpha value is -3.26. The molecule has 2 rings (SSSR count). The quantitative estimate of drug-likeness (QED) is 0.0891. The molecule has 1 aromatic heterocycles. The minimum absolute atomic E-state index is 0.0155. The number of likely N-dealkylation sites (N-methyl/N-ethyl adjacent to an activating group) is 1. The summed E-state index contributed by atoms with van der Waals surface area (Å²) in [7, 11) is 1.87. The lowest BCUT2D eigenvalue weighted by atomic mass is 10.1. The van der Waals surface area contributed by atoms with E-state index in [4.69, 9.17) is 22.9 Å². The summed E-state index contributed by atoms with van der Waals surface area (Å²) in [6.45, 7) is 1.68. The van der Waals surface area contributed by atoms with Gasteiger partial charge in [0.15, 0.2) is 16.9 Å². The van der Waals surface area contributed by atoms with Crippen molar-refractivity contribution in [1.29, 1.82) is 0 Å². The van der Waals surface area contributed by atoms with Crippen molar-refractivity contribution in [2.75, 3.05) is 39.8 Å². The van der Waals surface area contributed by atoms with Gasteiger partial charge in [-0.3, -0.25) is 29.3 Å². The van der Waals surface area contributed by atoms with E-state index in [-0.39, 0.29) is 36.2 Å². The van der Waals surface area contributed by atoms with Gasteiger partial charge in [-0.1, -0.05) is 0 Å². The van der Waals surface area contributed by atoms with Crippen LogP contribution in [0.5, 0.6) is 0 Å². The van der Waals surface area contributed by atoms with Crippen molar-refractivity contribution in [2.45, 2.75) is 37.8 Å². The van der Waals surface area contributed by atoms with E-state index in [1.807, 2.05) is 11.9 Å². The Morgan fingerprint density at radius 3 is 2.47 bits per heavy atom. The number of ketones is 1. The van der Waals surface area contributed by atoms with E-state index in [1.165, 1.54) is 22.4 Å². The number of carbonyl (C=O) groups is 3. The Morgan fingerprint density at radius 1 is 1.18 bits per heavy atom. The van der Waals surface area contributed by atoms with Crippen molar-refractivity contribution in [3.05, 3.63) is 16.6 Å². The molecule has 14 heteroatoms. The molecular formula is C20H34N10O3S. The highest BCUT2D eigenvalue weighted by Crippen LogP contribution is 2.15. The predicted octanol–water partition coefficient (Wildman–Crippen LogP) is -1.94. The number of Topliss-reactive ketones (excluding diaryl/α,β-unsaturated/α-hetero) is 1. The van der Waals surface area contributed by atoms with Gasteiger partial charge in [0.25, 0.3) is 0 Å². The third-order valence-electron chi connectivity index (χ3n) is 5.36. The van der Waals surface area contributed by atoms with Gasteiger partial charge in [-0.15, -0.1) is 11.3 Å². The lowest BCUT2D eigenvalue weighted by Crippen LogP contribution is -2.58. The molecule has 188 valence electrons. The SMILES string of the molecule is CN1CCN(CC(=O)N[C@@H](CCCN=C(N)N)C(=O)c2nccs2)C(=O)[C@H]1CCCN=C(N)N. The maximum absolute atomic E-state index is 13.0. The Labute approximate surface area is 202 Å². The van der Waals surface area contributed by atoms with E-state index in [9.17, 15) is 14.4 Å². The van der Waals surface area contributed by atoms with Crippen LogP contribution in [-0.4, -0.2) is 96.2 Å². The lowest BCUT2D eigenvalue weighted by Gasteiger charge is -2.38. The molecule has 1 fully saturated rings. The van der Waals surface area contributed by atoms with E-state index in [2.05, 4.69) is 20.3 Å². The summed E-state index contributed by atoms with van der Waals surface area (Å²) < 4.78 is 0. The number of guanidine groups is 2. The average molecular weight is 495 g/mol. The smallest absolute Gasteiger partial charge is 0.240 e. The molecule has 0 bridgehead atoms. The highest BCUT2D eigenvalue weighted by Gasteiger charge is 2.33. The highest BCUT2D eigenvalue weighted by molar-refractivity contribution is 7.11. The second kappa shape index (κ2) is 13.4. The third kappa shape index (κ3) is 8.59. The summed E-state index contributed by atoms with van der Waals surface area (Å²) in [6, 6.07) is -1.14. The van der Waals surface area contributed by atoms with Gasteiger partial charge < -0.3 is 33.2 Å². The predicted molar refractivity (Wildman–Crippen MR) is 131 cm³/mol. The number of amides is 2. The highest BCUT2D eigenvalue weighted by atomic mass is 32.1. The van der Waals surface area contributed by atoms with Crippen LogP contribution in [-0.2, 0) is 9.59 Å². The van der Waals surface area contributed by atoms with Gasteiger partial charge in [-0.2, -0.15) is 0 Å². The molecule has 9 N–H and O–H groups in total. The number of thiazole rings is 1. The maximum atomic E-state index is 13.0. The first kappa shape index (κ1) is 27.0. The summed E-state index contributed by atoms with van der Waals surface area (Å²) in [6.07, 6.45) is 3.57. The van der Waals surface area contributed by atoms with Gasteiger partial charge in [0.2, 0.25) is 17.6 Å². The van der Waals surface area contributed by atoms with E-state index < -0.39 is 11.9 Å². The Morgan fingerprint density at radius 2 is 1.85 bits per heavy atom. The first-order valence-electron chi connectivity index (χ1n) is 11.0. The van der Waals surface area contributed by atoms with Crippen LogP contribution in [0.3, 0.4) is 0 Å². The van der Waals surface area contributed by atoms with Crippen molar-refractivity contribution in [3.63, 3.8) is 0 Å². The topological polar surface area (TPSA) is 211 Å². The summed E-state index contributed by atoms with van der Waals surface area (Å²) in [5.41, 5.74) is 21.4. The van der Waals surface area contributed by atoms with E-state index in [0.29, 0.717) is 56.9 Å². The second-order valence-electron chi connectivity index (χ2n) is 7.98. The Balaban J connectivity index is 1.96. The number of aromatic nitrogens is 1. The fraction of sp³-hybridized carbons (Fsp3) is 0.600. The molecule has 34 heavy (non-hydrogen) atoms. The number of aliphatic imine (C=N–C) groups is 2. The summed E-state index contributed by atoms with van der Waals surface area (Å²) >= 11 is 1.20. The van der Waals surface area contributed by atoms with Crippen LogP contribution in [0, 0.1) is 0 Å². The molecule has 0 radical (unpaired) electrons. The number of hydrogen-bond donors (Lipinski definition) is 5. The molecule has 1 aliphatic heterocycles. The summed E-state index contributed by atoms with van der Waals surface area (Å²) in [5.74, 6) is -0.844. The van der Waals surface area contributed by atoms with Crippen LogP contribution in [0.15, 0.2) is 21.6 Å². The van der Waals surface area contributed by atoms with Crippen molar-refractivity contribution >= 4 is 40.9 Å². The van der Waals surface area contributed by atoms with Gasteiger partial charge in [-0.25, -0.2) is 4.98 Å². The van der Waals surface area contributed by atoms with Crippen molar-refractivity contribution in [2.24, 2.45) is 32.9 Å². The standard InChI is InChI=1S/C20H34N10O3S/c1-29-9-10-30(18(33)14(29)5-3-7-27-20(23)24)12-15(31)28-13(4-2-6-26-19(21)22)16(32)17-25-8-11-34-17/h8,11,13-14H,2-7,9-10,12H2,1H3,(H,28,31)(H4,21,22,26)(H4,23,24,27)/t13-,14+/m0/s1. The number of nitrogens with one attached hydrogen (secondary N) is 1. The minimum atomic E-state index is -0.786. The molecule has 1 aromatic rings. The number of rotatable bonds is 13. The van der Waals surface area contributed by atoms with E-state index in [0.717, 1.165) is 0 Å². The molecule has 2 amide bonds. The minimum Gasteiger partial charge on any atom is -0.370 e. The van der Waals surface area contributed by atoms with Crippen LogP contribution < -0.4 is 28.3 Å². The lowest BCUT2D eigenvalue weighted by molar-refractivity contribution is -0.144. The summed E-state index contributed by atoms with van der Waals surface area (Å²) in [4.78, 5) is 54.0. The molecular weight excluding hydrogens is 460 g/mol. The van der Waals surface area contributed by atoms with Crippen LogP contribution in [0.1, 0.15) is 35.5 Å². The van der Waals surface area contributed by atoms with Crippen molar-refractivity contribution < 1.29 is 14.4 Å². The van der Waals surface area contributed by atoms with Gasteiger partial charge in [0.05, 0.1) is 18.6 Å². The van der Waals surface area contributed by atoms with Crippen molar-refractivity contribution in [1.82, 2.24) is 20.1 Å². The van der Waals surface area contributed by atoms with Crippen LogP contribution in [0.2, 0.25) is 0 Å². The van der Waals surface area contributed by atoms with E-state index in [1.54, 1.807) is 5.38 Å². The molecule has 0 aromatic carbocycles. The second-order valence-corrected chi connectivity index (χ2v) is 8.87. The first-order chi connectivity index (χ1) is 16.2. The number of carbonyl (C=O) groups excluding carboxylic acids is 3. The van der Waals surface area contributed by atoms with Gasteiger partial charge in [-0.05, 0) is 32.7 Å².